The van der Waals surface area contributed by atoms with Crippen LogP contribution in [-0.2, 0) is 20.8 Å². The number of benzene rings is 1. The molecule has 0 aliphatic carbocycles. The first kappa shape index (κ1) is 21.6. The van der Waals surface area contributed by atoms with Gasteiger partial charge in [0.1, 0.15) is 16.4 Å². The van der Waals surface area contributed by atoms with Crippen LogP contribution in [0.5, 0.6) is 0 Å². The lowest BCUT2D eigenvalue weighted by atomic mass is 9.84. The summed E-state index contributed by atoms with van der Waals surface area (Å²) >= 11 is -1.37. The first-order chi connectivity index (χ1) is 11.9. The molecule has 1 aromatic carbocycles. The summed E-state index contributed by atoms with van der Waals surface area (Å²) in [4.78, 5) is 0. The predicted molar refractivity (Wildman–Crippen MR) is 98.6 cm³/mol. The predicted octanol–water partition coefficient (Wildman–Crippen LogP) is 4.58. The summed E-state index contributed by atoms with van der Waals surface area (Å²) in [5.41, 5.74) is 0.168. The molecule has 2 atom stereocenters. The van der Waals surface area contributed by atoms with E-state index in [-0.39, 0.29) is 18.0 Å². The Morgan fingerprint density at radius 1 is 1.12 bits per heavy atom. The van der Waals surface area contributed by atoms with Gasteiger partial charge in [-0.05, 0) is 58.2 Å². The zero-order valence-electron chi connectivity index (χ0n) is 16.3. The SMILES string of the molecule is CC1OC(C(C)(C)CC[C@H](N[S@@+]([O-])C(C)(C)C)c2cc(F)cc(F)c2)O1. The molecule has 2 rings (SSSR count). The first-order valence-electron chi connectivity index (χ1n) is 8.83. The van der Waals surface area contributed by atoms with E-state index in [9.17, 15) is 13.3 Å². The molecule has 0 radical (unpaired) electrons. The highest BCUT2D eigenvalue weighted by Gasteiger charge is 2.41. The third-order valence-corrected chi connectivity index (χ3v) is 6.05. The first-order valence-corrected chi connectivity index (χ1v) is 9.98. The Balaban J connectivity index is 2.14. The average molecular weight is 390 g/mol. The van der Waals surface area contributed by atoms with Crippen LogP contribution in [0.2, 0.25) is 0 Å². The lowest BCUT2D eigenvalue weighted by Gasteiger charge is -2.44. The van der Waals surface area contributed by atoms with Gasteiger partial charge >= 0.3 is 0 Å². The van der Waals surface area contributed by atoms with Crippen molar-refractivity contribution in [3.63, 3.8) is 0 Å². The zero-order chi connectivity index (χ0) is 19.7. The molecule has 1 aliphatic rings. The summed E-state index contributed by atoms with van der Waals surface area (Å²) < 4.78 is 53.7. The molecule has 1 heterocycles. The van der Waals surface area contributed by atoms with Gasteiger partial charge in [-0.15, -0.1) is 4.72 Å². The molecule has 1 N–H and O–H groups in total. The number of nitrogens with one attached hydrogen (secondary N) is 1. The van der Waals surface area contributed by atoms with Crippen LogP contribution in [0, 0.1) is 17.0 Å². The van der Waals surface area contributed by atoms with Crippen molar-refractivity contribution < 1.29 is 22.8 Å². The molecular formula is C19H29F2NO3S. The van der Waals surface area contributed by atoms with E-state index in [4.69, 9.17) is 9.47 Å². The summed E-state index contributed by atoms with van der Waals surface area (Å²) in [6.07, 6.45) is 0.686. The summed E-state index contributed by atoms with van der Waals surface area (Å²) in [7, 11) is 0. The zero-order valence-corrected chi connectivity index (χ0v) is 17.1. The molecule has 7 heteroatoms. The van der Waals surface area contributed by atoms with Crippen LogP contribution < -0.4 is 4.72 Å². The van der Waals surface area contributed by atoms with Crippen molar-refractivity contribution >= 4 is 11.4 Å². The molecule has 0 amide bonds. The van der Waals surface area contributed by atoms with Gasteiger partial charge in [0, 0.05) is 22.8 Å². The van der Waals surface area contributed by atoms with Crippen LogP contribution in [0.25, 0.3) is 0 Å². The van der Waals surface area contributed by atoms with Crippen LogP contribution >= 0.6 is 0 Å². The number of ether oxygens (including phenoxy) is 2. The molecule has 4 nitrogen and oxygen atoms in total. The normalized spacial score (nSPS) is 23.4. The van der Waals surface area contributed by atoms with Gasteiger partial charge in [-0.3, -0.25) is 0 Å². The van der Waals surface area contributed by atoms with E-state index in [0.29, 0.717) is 18.4 Å². The summed E-state index contributed by atoms with van der Waals surface area (Å²) in [5, 5.41) is 0. The van der Waals surface area contributed by atoms with E-state index in [1.54, 1.807) is 0 Å². The lowest BCUT2D eigenvalue weighted by molar-refractivity contribution is -0.407. The highest BCUT2D eigenvalue weighted by molar-refractivity contribution is 7.90. The molecule has 148 valence electrons. The Labute approximate surface area is 158 Å². The number of hydrogen-bond acceptors (Lipinski definition) is 4. The minimum Gasteiger partial charge on any atom is -0.598 e. The van der Waals surface area contributed by atoms with E-state index in [1.165, 1.54) is 12.1 Å². The van der Waals surface area contributed by atoms with Gasteiger partial charge in [-0.25, -0.2) is 8.78 Å². The lowest BCUT2D eigenvalue weighted by Crippen LogP contribution is -2.48. The van der Waals surface area contributed by atoms with E-state index in [2.05, 4.69) is 4.72 Å². The highest BCUT2D eigenvalue weighted by atomic mass is 32.2. The quantitative estimate of drug-likeness (QED) is 0.694. The molecule has 0 spiro atoms. The van der Waals surface area contributed by atoms with Gasteiger partial charge in [0.2, 0.25) is 0 Å². The molecule has 0 saturated carbocycles. The third kappa shape index (κ3) is 5.63. The topological polar surface area (TPSA) is 53.5 Å². The van der Waals surface area contributed by atoms with E-state index < -0.39 is 33.8 Å². The molecular weight excluding hydrogens is 360 g/mol. The maximum Gasteiger partial charge on any atom is 0.168 e. The van der Waals surface area contributed by atoms with Crippen LogP contribution in [0.3, 0.4) is 0 Å². The second kappa shape index (κ2) is 8.10. The second-order valence-electron chi connectivity index (χ2n) is 8.45. The fraction of sp³-hybridized carbons (Fsp3) is 0.684. The maximum atomic E-state index is 13.7. The van der Waals surface area contributed by atoms with Crippen molar-refractivity contribution in [2.45, 2.75) is 77.8 Å². The van der Waals surface area contributed by atoms with Crippen molar-refractivity contribution in [2.75, 3.05) is 0 Å². The second-order valence-corrected chi connectivity index (χ2v) is 10.5. The van der Waals surface area contributed by atoms with Gasteiger partial charge in [0.25, 0.3) is 0 Å². The van der Waals surface area contributed by atoms with Crippen molar-refractivity contribution in [3.05, 3.63) is 35.4 Å². The molecule has 0 unspecified atom stereocenters. The molecule has 1 aliphatic heterocycles. The minimum absolute atomic E-state index is 0.209. The smallest absolute Gasteiger partial charge is 0.168 e. The maximum absolute atomic E-state index is 13.7. The van der Waals surface area contributed by atoms with E-state index in [1.807, 2.05) is 41.5 Å². The van der Waals surface area contributed by atoms with Crippen LogP contribution in [0.4, 0.5) is 8.78 Å². The fourth-order valence-corrected chi connectivity index (χ4v) is 3.60. The Hall–Kier alpha value is -0.730. The van der Waals surface area contributed by atoms with Crippen molar-refractivity contribution in [1.82, 2.24) is 4.72 Å². The molecule has 1 fully saturated rings. The third-order valence-electron chi connectivity index (χ3n) is 4.44. The monoisotopic (exact) mass is 389 g/mol. The fourth-order valence-electron chi connectivity index (χ4n) is 2.74. The molecule has 0 aromatic heterocycles. The summed E-state index contributed by atoms with van der Waals surface area (Å²) in [5.74, 6) is -1.29. The summed E-state index contributed by atoms with van der Waals surface area (Å²) in [6, 6.07) is 2.96. The highest BCUT2D eigenvalue weighted by Crippen LogP contribution is 2.39. The van der Waals surface area contributed by atoms with Gasteiger partial charge in [-0.1, -0.05) is 13.8 Å². The largest absolute Gasteiger partial charge is 0.598 e. The van der Waals surface area contributed by atoms with Crippen LogP contribution in [-0.4, -0.2) is 21.9 Å². The Bertz CT molecular complexity index is 595. The molecule has 0 bridgehead atoms. The average Bonchev–Trinajstić information content (AvgIpc) is 2.45. The number of rotatable bonds is 7. The number of hydrogen-bond donors (Lipinski definition) is 1. The Morgan fingerprint density at radius 3 is 2.12 bits per heavy atom. The number of halogens is 2. The van der Waals surface area contributed by atoms with Crippen molar-refractivity contribution in [2.24, 2.45) is 5.41 Å². The Kier molecular flexibility index (Phi) is 6.72. The summed E-state index contributed by atoms with van der Waals surface area (Å²) in [6.45, 7) is 11.4. The van der Waals surface area contributed by atoms with Crippen molar-refractivity contribution in [1.29, 1.82) is 0 Å². The van der Waals surface area contributed by atoms with Crippen LogP contribution in [0.15, 0.2) is 18.2 Å². The standard InChI is InChI=1S/C19H29F2NO3S/c1-12-24-17(25-12)19(5,6)8-7-16(22-26(23)18(2,3)4)13-9-14(20)11-15(21)10-13/h9-12,16-17,22H,7-8H2,1-6H3/t12?,16-,17?,26-/m0/s1. The molecule has 1 aromatic rings. The van der Waals surface area contributed by atoms with Gasteiger partial charge in [0.15, 0.2) is 12.6 Å². The molecule has 26 heavy (non-hydrogen) atoms. The van der Waals surface area contributed by atoms with Gasteiger partial charge < -0.3 is 14.0 Å². The van der Waals surface area contributed by atoms with Gasteiger partial charge in [-0.2, -0.15) is 0 Å². The van der Waals surface area contributed by atoms with Gasteiger partial charge in [0.05, 0.1) is 6.04 Å². The molecule has 1 saturated heterocycles. The van der Waals surface area contributed by atoms with Crippen LogP contribution in [0.1, 0.15) is 66.0 Å². The van der Waals surface area contributed by atoms with E-state index >= 15 is 0 Å². The van der Waals surface area contributed by atoms with E-state index in [0.717, 1.165) is 6.07 Å². The minimum atomic E-state index is -1.37. The van der Waals surface area contributed by atoms with Crippen molar-refractivity contribution in [3.8, 4) is 0 Å². The Morgan fingerprint density at radius 2 is 1.65 bits per heavy atom.